The van der Waals surface area contributed by atoms with Crippen LogP contribution in [0.3, 0.4) is 0 Å². The maximum Gasteiger partial charge on any atom is 0.201 e. The van der Waals surface area contributed by atoms with Crippen molar-refractivity contribution in [2.24, 2.45) is 0 Å². The van der Waals surface area contributed by atoms with Crippen LogP contribution >= 0.6 is 0 Å². The third-order valence-corrected chi connectivity index (χ3v) is 3.65. The van der Waals surface area contributed by atoms with Gasteiger partial charge in [-0.15, -0.1) is 0 Å². The van der Waals surface area contributed by atoms with Gasteiger partial charge < -0.3 is 15.2 Å². The zero-order valence-corrected chi connectivity index (χ0v) is 10.4. The summed E-state index contributed by atoms with van der Waals surface area (Å²) in [4.78, 5) is 6.51. The number of rotatable bonds is 1. The maximum absolute atomic E-state index is 14.0. The fourth-order valence-corrected chi connectivity index (χ4v) is 2.84. The van der Waals surface area contributed by atoms with Gasteiger partial charge in [-0.25, -0.2) is 9.37 Å². The molecule has 1 unspecified atom stereocenters. The lowest BCUT2D eigenvalue weighted by Crippen LogP contribution is -2.34. The number of nitrogens with two attached hydrogens (primary N) is 1. The fraction of sp³-hybridized carbons (Fsp3) is 0.462. The van der Waals surface area contributed by atoms with E-state index in [9.17, 15) is 4.39 Å². The average Bonchev–Trinajstić information content (AvgIpc) is 2.67. The van der Waals surface area contributed by atoms with Gasteiger partial charge in [0.05, 0.1) is 5.52 Å². The zero-order valence-electron chi connectivity index (χ0n) is 10.4. The molecule has 0 spiro atoms. The smallest absolute Gasteiger partial charge is 0.201 e. The Bertz CT molecular complexity index is 578. The SMILES string of the molecule is CN1CCCC(n2c(N)nc3cccc(F)c32)C1. The summed E-state index contributed by atoms with van der Waals surface area (Å²) in [7, 11) is 2.08. The first-order chi connectivity index (χ1) is 8.66. The predicted octanol–water partition coefficient (Wildman–Crippen LogP) is 2.02. The van der Waals surface area contributed by atoms with Crippen molar-refractivity contribution in [2.45, 2.75) is 18.9 Å². The normalized spacial score (nSPS) is 21.6. The third kappa shape index (κ3) is 1.75. The van der Waals surface area contributed by atoms with Crippen LogP contribution in [0, 0.1) is 5.82 Å². The molecule has 1 fully saturated rings. The van der Waals surface area contributed by atoms with Gasteiger partial charge in [0.15, 0.2) is 0 Å². The molecule has 0 saturated carbocycles. The number of halogens is 1. The van der Waals surface area contributed by atoms with Crippen LogP contribution < -0.4 is 5.73 Å². The Kier molecular flexibility index (Phi) is 2.70. The maximum atomic E-state index is 14.0. The number of aromatic nitrogens is 2. The Morgan fingerprint density at radius 1 is 1.44 bits per heavy atom. The number of likely N-dealkylation sites (tertiary alicyclic amines) is 1. The number of para-hydroxylation sites is 1. The highest BCUT2D eigenvalue weighted by molar-refractivity contribution is 5.79. The van der Waals surface area contributed by atoms with Gasteiger partial charge in [-0.1, -0.05) is 6.07 Å². The standard InChI is InChI=1S/C13H17FN4/c1-17-7-3-4-9(8-17)18-12-10(14)5-2-6-11(12)16-13(18)15/h2,5-6,9H,3-4,7-8H2,1H3,(H2,15,16). The van der Waals surface area contributed by atoms with Crippen LogP contribution in [0.2, 0.25) is 0 Å². The quantitative estimate of drug-likeness (QED) is 0.840. The Balaban J connectivity index is 2.13. The molecule has 1 aromatic carbocycles. The van der Waals surface area contributed by atoms with Crippen molar-refractivity contribution in [3.63, 3.8) is 0 Å². The van der Waals surface area contributed by atoms with Crippen molar-refractivity contribution in [3.8, 4) is 0 Å². The lowest BCUT2D eigenvalue weighted by Gasteiger charge is -2.31. The van der Waals surface area contributed by atoms with E-state index in [1.807, 2.05) is 4.57 Å². The summed E-state index contributed by atoms with van der Waals surface area (Å²) in [6.07, 6.45) is 2.13. The van der Waals surface area contributed by atoms with Gasteiger partial charge >= 0.3 is 0 Å². The number of fused-ring (bicyclic) bond motifs is 1. The number of nitrogens with zero attached hydrogens (tertiary/aromatic N) is 3. The molecule has 0 radical (unpaired) electrons. The van der Waals surface area contributed by atoms with E-state index >= 15 is 0 Å². The van der Waals surface area contributed by atoms with E-state index in [1.54, 1.807) is 12.1 Å². The van der Waals surface area contributed by atoms with E-state index in [-0.39, 0.29) is 11.9 Å². The minimum absolute atomic E-state index is 0.214. The van der Waals surface area contributed by atoms with Crippen molar-refractivity contribution in [2.75, 3.05) is 25.9 Å². The molecule has 0 aliphatic carbocycles. The number of imidazole rings is 1. The molecule has 1 aliphatic rings. The monoisotopic (exact) mass is 248 g/mol. The minimum atomic E-state index is -0.245. The van der Waals surface area contributed by atoms with Crippen molar-refractivity contribution in [1.82, 2.24) is 14.5 Å². The van der Waals surface area contributed by atoms with Gasteiger partial charge in [-0.3, -0.25) is 0 Å². The number of nitrogen functional groups attached to an aromatic ring is 1. The molecule has 1 saturated heterocycles. The lowest BCUT2D eigenvalue weighted by atomic mass is 10.1. The summed E-state index contributed by atoms with van der Waals surface area (Å²) in [6, 6.07) is 5.15. The summed E-state index contributed by atoms with van der Waals surface area (Å²) < 4.78 is 15.8. The van der Waals surface area contributed by atoms with Crippen molar-refractivity contribution < 1.29 is 4.39 Å². The Morgan fingerprint density at radius 2 is 2.28 bits per heavy atom. The summed E-state index contributed by atoms with van der Waals surface area (Å²) in [6.45, 7) is 1.98. The molecule has 2 aromatic rings. The van der Waals surface area contributed by atoms with Crippen molar-refractivity contribution in [3.05, 3.63) is 24.0 Å². The molecule has 0 bridgehead atoms. The minimum Gasteiger partial charge on any atom is -0.369 e. The Morgan fingerprint density at radius 3 is 3.06 bits per heavy atom. The second-order valence-corrected chi connectivity index (χ2v) is 5.01. The lowest BCUT2D eigenvalue weighted by molar-refractivity contribution is 0.215. The molecule has 5 heteroatoms. The number of hydrogen-bond donors (Lipinski definition) is 1. The van der Waals surface area contributed by atoms with Crippen molar-refractivity contribution in [1.29, 1.82) is 0 Å². The van der Waals surface area contributed by atoms with E-state index in [0.29, 0.717) is 17.0 Å². The number of likely N-dealkylation sites (N-methyl/N-ethyl adjacent to an activating group) is 1. The van der Waals surface area contributed by atoms with Crippen LogP contribution in [-0.2, 0) is 0 Å². The number of anilines is 1. The van der Waals surface area contributed by atoms with E-state index < -0.39 is 0 Å². The molecule has 3 rings (SSSR count). The predicted molar refractivity (Wildman–Crippen MR) is 69.9 cm³/mol. The van der Waals surface area contributed by atoms with E-state index in [1.165, 1.54) is 6.07 Å². The highest BCUT2D eigenvalue weighted by atomic mass is 19.1. The Labute approximate surface area is 105 Å². The van der Waals surface area contributed by atoms with Crippen LogP contribution in [0.1, 0.15) is 18.9 Å². The van der Waals surface area contributed by atoms with Gasteiger partial charge in [-0.05, 0) is 38.6 Å². The Hall–Kier alpha value is -1.62. The van der Waals surface area contributed by atoms with Gasteiger partial charge in [-0.2, -0.15) is 0 Å². The topological polar surface area (TPSA) is 47.1 Å². The van der Waals surface area contributed by atoms with Gasteiger partial charge in [0.1, 0.15) is 11.3 Å². The molecule has 18 heavy (non-hydrogen) atoms. The summed E-state index contributed by atoms with van der Waals surface area (Å²) in [5, 5.41) is 0. The fourth-order valence-electron chi connectivity index (χ4n) is 2.84. The van der Waals surface area contributed by atoms with Crippen molar-refractivity contribution >= 4 is 17.0 Å². The van der Waals surface area contributed by atoms with Crippen LogP contribution in [0.5, 0.6) is 0 Å². The second-order valence-electron chi connectivity index (χ2n) is 5.01. The van der Waals surface area contributed by atoms with Gasteiger partial charge in [0.25, 0.3) is 0 Å². The highest BCUT2D eigenvalue weighted by Crippen LogP contribution is 2.29. The first kappa shape index (κ1) is 11.5. The molecule has 1 atom stereocenters. The first-order valence-electron chi connectivity index (χ1n) is 6.27. The molecule has 2 N–H and O–H groups in total. The summed E-state index contributed by atoms with van der Waals surface area (Å²) in [5.41, 5.74) is 7.14. The summed E-state index contributed by atoms with van der Waals surface area (Å²) >= 11 is 0. The van der Waals surface area contributed by atoms with E-state index in [0.717, 1.165) is 25.9 Å². The highest BCUT2D eigenvalue weighted by Gasteiger charge is 2.24. The van der Waals surface area contributed by atoms with Gasteiger partial charge in [0.2, 0.25) is 5.95 Å². The molecular formula is C13H17FN4. The van der Waals surface area contributed by atoms with Gasteiger partial charge in [0, 0.05) is 12.6 Å². The molecule has 96 valence electrons. The number of hydrogen-bond acceptors (Lipinski definition) is 3. The molecule has 1 aliphatic heterocycles. The molecule has 2 heterocycles. The molecule has 1 aromatic heterocycles. The number of benzene rings is 1. The molecule has 0 amide bonds. The van der Waals surface area contributed by atoms with Crippen LogP contribution in [0.4, 0.5) is 10.3 Å². The largest absolute Gasteiger partial charge is 0.369 e. The average molecular weight is 248 g/mol. The second kappa shape index (κ2) is 4.24. The molecule has 4 nitrogen and oxygen atoms in total. The van der Waals surface area contributed by atoms with E-state index in [4.69, 9.17) is 5.73 Å². The molecular weight excluding hydrogens is 231 g/mol. The van der Waals surface area contributed by atoms with E-state index in [2.05, 4.69) is 16.9 Å². The number of piperidine rings is 1. The third-order valence-electron chi connectivity index (χ3n) is 3.65. The zero-order chi connectivity index (χ0) is 12.7. The van der Waals surface area contributed by atoms with Crippen LogP contribution in [0.25, 0.3) is 11.0 Å². The summed E-state index contributed by atoms with van der Waals surface area (Å²) in [5.74, 6) is 0.167. The first-order valence-corrected chi connectivity index (χ1v) is 6.27. The van der Waals surface area contributed by atoms with Crippen LogP contribution in [-0.4, -0.2) is 34.6 Å². The van der Waals surface area contributed by atoms with Crippen LogP contribution in [0.15, 0.2) is 18.2 Å².